The molecule has 0 aromatic carbocycles. The third-order valence-corrected chi connectivity index (χ3v) is 3.23. The van der Waals surface area contributed by atoms with Gasteiger partial charge in [0.25, 0.3) is 5.91 Å². The number of amides is 3. The van der Waals surface area contributed by atoms with Crippen molar-refractivity contribution in [3.63, 3.8) is 0 Å². The molecule has 5 nitrogen and oxygen atoms in total. The van der Waals surface area contributed by atoms with Gasteiger partial charge in [0.1, 0.15) is 0 Å². The van der Waals surface area contributed by atoms with Gasteiger partial charge in [0.2, 0.25) is 0 Å². The number of carbonyl (C=O) groups excluding carboxylic acids is 2. The van der Waals surface area contributed by atoms with E-state index in [1.54, 1.807) is 0 Å². The molecule has 0 atom stereocenters. The Labute approximate surface area is 82.6 Å². The number of nitrogens with zero attached hydrogens (tertiary/aromatic N) is 1. The molecule has 1 saturated heterocycles. The maximum Gasteiger partial charge on any atom is 0.325 e. The van der Waals surface area contributed by atoms with Crippen LogP contribution in [0.3, 0.4) is 0 Å². The fourth-order valence-corrected chi connectivity index (χ4v) is 2.45. The zero-order valence-corrected chi connectivity index (χ0v) is 8.08. The van der Waals surface area contributed by atoms with Crippen molar-refractivity contribution in [3.05, 3.63) is 0 Å². The van der Waals surface area contributed by atoms with Gasteiger partial charge in [0.05, 0.1) is 12.1 Å². The van der Waals surface area contributed by atoms with Crippen molar-refractivity contribution in [1.82, 2.24) is 10.2 Å². The van der Waals surface area contributed by atoms with Crippen LogP contribution in [0.25, 0.3) is 0 Å². The Bertz CT molecular complexity index is 255. The first-order chi connectivity index (χ1) is 6.69. The molecule has 2 rings (SSSR count). The summed E-state index contributed by atoms with van der Waals surface area (Å²) in [5.74, 6) is -0.137. The van der Waals surface area contributed by atoms with Crippen LogP contribution in [0.4, 0.5) is 4.79 Å². The number of hydrogen-bond donors (Lipinski definition) is 2. The highest BCUT2D eigenvalue weighted by Gasteiger charge is 2.47. The van der Waals surface area contributed by atoms with E-state index in [1.807, 2.05) is 0 Å². The average molecular weight is 197 g/mol. The van der Waals surface area contributed by atoms with Crippen molar-refractivity contribution < 1.29 is 9.59 Å². The number of hydrogen-bond acceptors (Lipinski definition) is 3. The number of carbonyl (C=O) groups is 2. The van der Waals surface area contributed by atoms with Gasteiger partial charge < -0.3 is 11.1 Å². The van der Waals surface area contributed by atoms with Gasteiger partial charge in [-0.25, -0.2) is 4.79 Å². The Kier molecular flexibility index (Phi) is 2.19. The predicted molar refractivity (Wildman–Crippen MR) is 50.5 cm³/mol. The summed E-state index contributed by atoms with van der Waals surface area (Å²) in [6, 6.07) is -0.276. The normalized spacial score (nSPS) is 25.6. The van der Waals surface area contributed by atoms with Crippen LogP contribution < -0.4 is 11.1 Å². The molecule has 78 valence electrons. The van der Waals surface area contributed by atoms with Crippen LogP contribution in [-0.2, 0) is 4.79 Å². The van der Waals surface area contributed by atoms with Gasteiger partial charge in [-0.3, -0.25) is 9.69 Å². The summed E-state index contributed by atoms with van der Waals surface area (Å²) in [6.07, 6.45) is 3.80. The molecule has 5 heteroatoms. The maximum absolute atomic E-state index is 11.5. The Morgan fingerprint density at radius 1 is 1.36 bits per heavy atom. The van der Waals surface area contributed by atoms with Crippen LogP contribution in [0.15, 0.2) is 0 Å². The van der Waals surface area contributed by atoms with E-state index >= 15 is 0 Å². The van der Waals surface area contributed by atoms with E-state index in [-0.39, 0.29) is 18.5 Å². The molecule has 2 fully saturated rings. The quantitative estimate of drug-likeness (QED) is 0.602. The summed E-state index contributed by atoms with van der Waals surface area (Å²) in [6.45, 7) is 0.507. The van der Waals surface area contributed by atoms with Crippen molar-refractivity contribution in [2.75, 3.05) is 13.1 Å². The summed E-state index contributed by atoms with van der Waals surface area (Å²) in [4.78, 5) is 24.3. The lowest BCUT2D eigenvalue weighted by molar-refractivity contribution is -0.129. The zero-order valence-electron chi connectivity index (χ0n) is 8.08. The SMILES string of the molecule is NCC1(N2C(=O)CNC2=O)CCCC1. The molecule has 14 heavy (non-hydrogen) atoms. The minimum absolute atomic E-state index is 0.126. The second-order valence-electron chi connectivity index (χ2n) is 4.02. The summed E-state index contributed by atoms with van der Waals surface area (Å²) in [5.41, 5.74) is 5.31. The molecule has 3 amide bonds. The van der Waals surface area contributed by atoms with Crippen LogP contribution in [0, 0.1) is 0 Å². The molecule has 2 aliphatic rings. The minimum atomic E-state index is -0.391. The highest BCUT2D eigenvalue weighted by atomic mass is 16.2. The van der Waals surface area contributed by atoms with Crippen LogP contribution in [-0.4, -0.2) is 35.5 Å². The number of rotatable bonds is 2. The standard InChI is InChI=1S/C9H15N3O2/c10-6-9(3-1-2-4-9)12-7(13)5-11-8(12)14/h1-6,10H2,(H,11,14). The first-order valence-electron chi connectivity index (χ1n) is 5.01. The van der Waals surface area contributed by atoms with Gasteiger partial charge in [-0.15, -0.1) is 0 Å². The largest absolute Gasteiger partial charge is 0.329 e. The van der Waals surface area contributed by atoms with E-state index in [9.17, 15) is 9.59 Å². The van der Waals surface area contributed by atoms with Crippen LogP contribution >= 0.6 is 0 Å². The summed E-state index contributed by atoms with van der Waals surface area (Å²) < 4.78 is 0. The summed E-state index contributed by atoms with van der Waals surface area (Å²) in [7, 11) is 0. The number of nitrogens with one attached hydrogen (secondary N) is 1. The Morgan fingerprint density at radius 3 is 2.43 bits per heavy atom. The zero-order chi connectivity index (χ0) is 10.2. The Morgan fingerprint density at radius 2 is 2.00 bits per heavy atom. The fraction of sp³-hybridized carbons (Fsp3) is 0.778. The maximum atomic E-state index is 11.5. The summed E-state index contributed by atoms with van der Waals surface area (Å²) in [5, 5.41) is 2.54. The van der Waals surface area contributed by atoms with E-state index in [1.165, 1.54) is 4.90 Å². The molecule has 1 aliphatic carbocycles. The molecule has 1 saturated carbocycles. The van der Waals surface area contributed by atoms with Crippen molar-refractivity contribution >= 4 is 11.9 Å². The van der Waals surface area contributed by atoms with Gasteiger partial charge in [-0.1, -0.05) is 12.8 Å². The van der Waals surface area contributed by atoms with E-state index in [2.05, 4.69) is 5.32 Å². The monoisotopic (exact) mass is 197 g/mol. The molecular formula is C9H15N3O2. The summed E-state index contributed by atoms with van der Waals surface area (Å²) >= 11 is 0. The molecule has 1 aliphatic heterocycles. The van der Waals surface area contributed by atoms with E-state index in [4.69, 9.17) is 5.73 Å². The lowest BCUT2D eigenvalue weighted by Crippen LogP contribution is -2.55. The van der Waals surface area contributed by atoms with E-state index in [0.717, 1.165) is 25.7 Å². The van der Waals surface area contributed by atoms with Gasteiger partial charge in [0.15, 0.2) is 0 Å². The molecule has 0 aromatic heterocycles. The molecule has 0 spiro atoms. The lowest BCUT2D eigenvalue weighted by atomic mass is 9.95. The highest BCUT2D eigenvalue weighted by Crippen LogP contribution is 2.35. The molecule has 0 radical (unpaired) electrons. The van der Waals surface area contributed by atoms with E-state index in [0.29, 0.717) is 6.54 Å². The van der Waals surface area contributed by atoms with Crippen molar-refractivity contribution in [3.8, 4) is 0 Å². The topological polar surface area (TPSA) is 75.4 Å². The number of urea groups is 1. The highest BCUT2D eigenvalue weighted by molar-refractivity contribution is 6.02. The van der Waals surface area contributed by atoms with Crippen molar-refractivity contribution in [1.29, 1.82) is 0 Å². The third-order valence-electron chi connectivity index (χ3n) is 3.23. The lowest BCUT2D eigenvalue weighted by Gasteiger charge is -2.35. The molecular weight excluding hydrogens is 182 g/mol. The third kappa shape index (κ3) is 1.19. The van der Waals surface area contributed by atoms with Crippen molar-refractivity contribution in [2.24, 2.45) is 5.73 Å². The molecule has 0 bridgehead atoms. The van der Waals surface area contributed by atoms with Crippen LogP contribution in [0.5, 0.6) is 0 Å². The van der Waals surface area contributed by atoms with Crippen LogP contribution in [0.1, 0.15) is 25.7 Å². The molecule has 1 heterocycles. The van der Waals surface area contributed by atoms with Gasteiger partial charge in [0, 0.05) is 6.54 Å². The molecule has 3 N–H and O–H groups in total. The van der Waals surface area contributed by atoms with Crippen molar-refractivity contribution in [2.45, 2.75) is 31.2 Å². The smallest absolute Gasteiger partial charge is 0.325 e. The molecule has 0 unspecified atom stereocenters. The van der Waals surface area contributed by atoms with E-state index < -0.39 is 5.54 Å². The Balaban J connectivity index is 2.26. The Hall–Kier alpha value is -1.10. The van der Waals surface area contributed by atoms with Gasteiger partial charge in [-0.05, 0) is 12.8 Å². The van der Waals surface area contributed by atoms with Gasteiger partial charge in [-0.2, -0.15) is 0 Å². The van der Waals surface area contributed by atoms with Gasteiger partial charge >= 0.3 is 6.03 Å². The first kappa shape index (κ1) is 9.45. The second kappa shape index (κ2) is 3.24. The molecule has 0 aromatic rings. The minimum Gasteiger partial charge on any atom is -0.329 e. The number of nitrogens with two attached hydrogens (primary N) is 1. The second-order valence-corrected chi connectivity index (χ2v) is 4.02. The predicted octanol–water partition coefficient (Wildman–Crippen LogP) is -0.190. The fourth-order valence-electron chi connectivity index (χ4n) is 2.45. The average Bonchev–Trinajstić information content (AvgIpc) is 2.75. The first-order valence-corrected chi connectivity index (χ1v) is 5.01. The van der Waals surface area contributed by atoms with Crippen LogP contribution in [0.2, 0.25) is 0 Å². The number of imide groups is 1.